The van der Waals surface area contributed by atoms with Crippen LogP contribution in [0.3, 0.4) is 0 Å². The summed E-state index contributed by atoms with van der Waals surface area (Å²) in [5.41, 5.74) is 1.05. The fourth-order valence-corrected chi connectivity index (χ4v) is 1.55. The van der Waals surface area contributed by atoms with Crippen LogP contribution in [0.15, 0.2) is 24.3 Å². The summed E-state index contributed by atoms with van der Waals surface area (Å²) in [6, 6.07) is 7.54. The van der Waals surface area contributed by atoms with E-state index in [1.165, 1.54) is 0 Å². The molecule has 0 aliphatic rings. The van der Waals surface area contributed by atoms with Crippen LogP contribution in [-0.4, -0.2) is 19.1 Å². The van der Waals surface area contributed by atoms with Crippen molar-refractivity contribution < 1.29 is 9.53 Å². The van der Waals surface area contributed by atoms with E-state index in [2.05, 4.69) is 12.2 Å². The largest absolute Gasteiger partial charge is 0.465 e. The zero-order valence-corrected chi connectivity index (χ0v) is 10.8. The lowest BCUT2D eigenvalue weighted by Gasteiger charge is -2.06. The molecule has 0 spiro atoms. The second-order valence-electron chi connectivity index (χ2n) is 3.81. The first-order valence-electron chi connectivity index (χ1n) is 5.83. The number of esters is 1. The molecule has 0 bridgehead atoms. The Balaban J connectivity index is 2.17. The molecule has 0 fully saturated rings. The van der Waals surface area contributed by atoms with Crippen LogP contribution in [0.25, 0.3) is 0 Å². The van der Waals surface area contributed by atoms with E-state index in [1.54, 1.807) is 0 Å². The Hall–Kier alpha value is -1.06. The monoisotopic (exact) mass is 255 g/mol. The van der Waals surface area contributed by atoms with Gasteiger partial charge in [-0.3, -0.25) is 4.79 Å². The molecule has 94 valence electrons. The Morgan fingerprint density at radius 2 is 2.29 bits per heavy atom. The second-order valence-corrected chi connectivity index (χ2v) is 4.24. The Kier molecular flexibility index (Phi) is 6.67. The lowest BCUT2D eigenvalue weighted by atomic mass is 10.2. The molecule has 0 aliphatic carbocycles. The van der Waals surface area contributed by atoms with E-state index < -0.39 is 0 Å². The first kappa shape index (κ1) is 14.0. The molecule has 0 atom stereocenters. The van der Waals surface area contributed by atoms with Crippen molar-refractivity contribution in [3.63, 3.8) is 0 Å². The molecule has 0 saturated carbocycles. The fraction of sp³-hybridized carbons (Fsp3) is 0.462. The quantitative estimate of drug-likeness (QED) is 0.601. The van der Waals surface area contributed by atoms with E-state index in [9.17, 15) is 4.79 Å². The lowest BCUT2D eigenvalue weighted by Crippen LogP contribution is -2.24. The van der Waals surface area contributed by atoms with Crippen LogP contribution in [-0.2, 0) is 16.1 Å². The number of ether oxygens (including phenoxy) is 1. The molecule has 0 unspecified atom stereocenters. The first-order valence-corrected chi connectivity index (χ1v) is 6.21. The predicted octanol–water partition coefficient (Wildman–Crippen LogP) is 2.77. The van der Waals surface area contributed by atoms with Crippen molar-refractivity contribution in [2.24, 2.45) is 0 Å². The molecular formula is C13H18ClNO2. The number of unbranched alkanes of at least 4 members (excludes halogenated alkanes) is 1. The molecule has 0 amide bonds. The zero-order valence-electron chi connectivity index (χ0n) is 10.0. The maximum absolute atomic E-state index is 11.3. The number of carbonyl (C=O) groups is 1. The Morgan fingerprint density at radius 3 is 3.00 bits per heavy atom. The number of carbonyl (C=O) groups excluding carboxylic acids is 1. The van der Waals surface area contributed by atoms with Crippen LogP contribution < -0.4 is 5.32 Å². The minimum absolute atomic E-state index is 0.208. The van der Waals surface area contributed by atoms with E-state index in [0.29, 0.717) is 18.2 Å². The van der Waals surface area contributed by atoms with Gasteiger partial charge in [0.2, 0.25) is 0 Å². The fourth-order valence-electron chi connectivity index (χ4n) is 1.34. The van der Waals surface area contributed by atoms with Crippen LogP contribution in [0.1, 0.15) is 25.3 Å². The van der Waals surface area contributed by atoms with Crippen molar-refractivity contribution in [1.82, 2.24) is 5.32 Å². The van der Waals surface area contributed by atoms with Crippen LogP contribution in [0.4, 0.5) is 0 Å². The summed E-state index contributed by atoms with van der Waals surface area (Å²) in [6.07, 6.45) is 1.95. The number of halogens is 1. The highest BCUT2D eigenvalue weighted by molar-refractivity contribution is 6.30. The van der Waals surface area contributed by atoms with Gasteiger partial charge in [-0.15, -0.1) is 0 Å². The molecule has 0 saturated heterocycles. The topological polar surface area (TPSA) is 38.3 Å². The molecule has 0 aliphatic heterocycles. The summed E-state index contributed by atoms with van der Waals surface area (Å²) in [5.74, 6) is -0.208. The lowest BCUT2D eigenvalue weighted by molar-refractivity contribution is -0.142. The summed E-state index contributed by atoms with van der Waals surface area (Å²) in [4.78, 5) is 11.3. The van der Waals surface area contributed by atoms with Crippen molar-refractivity contribution in [2.75, 3.05) is 13.2 Å². The molecule has 0 aromatic heterocycles. The van der Waals surface area contributed by atoms with E-state index in [0.717, 1.165) is 18.4 Å². The number of hydrogen-bond donors (Lipinski definition) is 1. The van der Waals surface area contributed by atoms with Gasteiger partial charge < -0.3 is 10.1 Å². The predicted molar refractivity (Wildman–Crippen MR) is 69.0 cm³/mol. The number of hydrogen-bond acceptors (Lipinski definition) is 3. The smallest absolute Gasteiger partial charge is 0.319 e. The molecule has 1 N–H and O–H groups in total. The van der Waals surface area contributed by atoms with Crippen LogP contribution >= 0.6 is 11.6 Å². The van der Waals surface area contributed by atoms with Crippen molar-refractivity contribution >= 4 is 17.6 Å². The van der Waals surface area contributed by atoms with Gasteiger partial charge in [0.1, 0.15) is 0 Å². The standard InChI is InChI=1S/C13H18ClNO2/c1-2-3-7-17-13(16)10-15-9-11-5-4-6-12(14)8-11/h4-6,8,15H,2-3,7,9-10H2,1H3. The first-order chi connectivity index (χ1) is 8.22. The highest BCUT2D eigenvalue weighted by Gasteiger charge is 2.01. The van der Waals surface area contributed by atoms with Crippen LogP contribution in [0.5, 0.6) is 0 Å². The SMILES string of the molecule is CCCCOC(=O)CNCc1cccc(Cl)c1. The molecule has 1 aromatic rings. The average molecular weight is 256 g/mol. The van der Waals surface area contributed by atoms with E-state index in [-0.39, 0.29) is 12.5 Å². The molecule has 4 heteroatoms. The van der Waals surface area contributed by atoms with Crippen molar-refractivity contribution in [3.05, 3.63) is 34.9 Å². The van der Waals surface area contributed by atoms with Crippen LogP contribution in [0.2, 0.25) is 5.02 Å². The molecule has 0 radical (unpaired) electrons. The normalized spacial score (nSPS) is 10.2. The van der Waals surface area contributed by atoms with Gasteiger partial charge in [-0.1, -0.05) is 37.1 Å². The van der Waals surface area contributed by atoms with Crippen molar-refractivity contribution in [1.29, 1.82) is 0 Å². The summed E-state index contributed by atoms with van der Waals surface area (Å²) in [6.45, 7) is 3.42. The second kappa shape index (κ2) is 8.09. The van der Waals surface area contributed by atoms with Crippen molar-refractivity contribution in [3.8, 4) is 0 Å². The van der Waals surface area contributed by atoms with Gasteiger partial charge in [-0.25, -0.2) is 0 Å². The summed E-state index contributed by atoms with van der Waals surface area (Å²) in [7, 11) is 0. The average Bonchev–Trinajstić information content (AvgIpc) is 2.29. The maximum atomic E-state index is 11.3. The van der Waals surface area contributed by atoms with E-state index >= 15 is 0 Å². The molecule has 1 aromatic carbocycles. The number of rotatable bonds is 7. The summed E-state index contributed by atoms with van der Waals surface area (Å²) in [5, 5.41) is 3.73. The summed E-state index contributed by atoms with van der Waals surface area (Å²) < 4.78 is 5.02. The minimum atomic E-state index is -0.208. The number of nitrogens with one attached hydrogen (secondary N) is 1. The zero-order chi connectivity index (χ0) is 12.5. The molecule has 0 heterocycles. The van der Waals surface area contributed by atoms with E-state index in [1.807, 2.05) is 24.3 Å². The van der Waals surface area contributed by atoms with Gasteiger partial charge >= 0.3 is 5.97 Å². The molecule has 1 rings (SSSR count). The Labute approximate surface area is 107 Å². The van der Waals surface area contributed by atoms with Crippen molar-refractivity contribution in [2.45, 2.75) is 26.3 Å². The Bertz CT molecular complexity index is 355. The van der Waals surface area contributed by atoms with E-state index in [4.69, 9.17) is 16.3 Å². The van der Waals surface area contributed by atoms with Gasteiger partial charge in [0.25, 0.3) is 0 Å². The van der Waals surface area contributed by atoms with Gasteiger partial charge in [0.05, 0.1) is 13.2 Å². The van der Waals surface area contributed by atoms with Gasteiger partial charge in [-0.05, 0) is 24.1 Å². The number of benzene rings is 1. The van der Waals surface area contributed by atoms with Gasteiger partial charge in [-0.2, -0.15) is 0 Å². The third-order valence-electron chi connectivity index (χ3n) is 2.25. The summed E-state index contributed by atoms with van der Waals surface area (Å²) >= 11 is 5.85. The highest BCUT2D eigenvalue weighted by Crippen LogP contribution is 2.09. The molecule has 17 heavy (non-hydrogen) atoms. The maximum Gasteiger partial charge on any atom is 0.319 e. The van der Waals surface area contributed by atoms with Gasteiger partial charge in [0, 0.05) is 11.6 Å². The third-order valence-corrected chi connectivity index (χ3v) is 2.48. The molecular weight excluding hydrogens is 238 g/mol. The third kappa shape index (κ3) is 6.29. The van der Waals surface area contributed by atoms with Crippen LogP contribution in [0, 0.1) is 0 Å². The minimum Gasteiger partial charge on any atom is -0.465 e. The Morgan fingerprint density at radius 1 is 1.47 bits per heavy atom. The highest BCUT2D eigenvalue weighted by atomic mass is 35.5. The van der Waals surface area contributed by atoms with Gasteiger partial charge in [0.15, 0.2) is 0 Å². The molecule has 3 nitrogen and oxygen atoms in total.